The molecule has 11 heteroatoms. The summed E-state index contributed by atoms with van der Waals surface area (Å²) >= 11 is 6.26. The number of aliphatic hydroxyl groups is 1. The van der Waals surface area contributed by atoms with Crippen molar-refractivity contribution in [3.8, 4) is 11.3 Å². The van der Waals surface area contributed by atoms with Crippen LogP contribution >= 0.6 is 11.6 Å². The van der Waals surface area contributed by atoms with Gasteiger partial charge in [0.05, 0.1) is 29.5 Å². The molecule has 2 atom stereocenters. The Balaban J connectivity index is 1.59. The van der Waals surface area contributed by atoms with Gasteiger partial charge in [0.2, 0.25) is 0 Å². The van der Waals surface area contributed by atoms with Crippen LogP contribution < -0.4 is 10.0 Å². The molecule has 1 aliphatic rings. The first-order chi connectivity index (χ1) is 15.7. The van der Waals surface area contributed by atoms with Gasteiger partial charge < -0.3 is 15.2 Å². The largest absolute Gasteiger partial charge is 0.389 e. The van der Waals surface area contributed by atoms with Crippen LogP contribution in [0.5, 0.6) is 0 Å². The average Bonchev–Trinajstić information content (AvgIpc) is 2.78. The Morgan fingerprint density at radius 1 is 1.15 bits per heavy atom. The first kappa shape index (κ1) is 23.4. The Hall–Kier alpha value is -2.79. The predicted octanol–water partition coefficient (Wildman–Crippen LogP) is 3.61. The molecule has 0 spiro atoms. The molecule has 1 aromatic carbocycles. The first-order valence-electron chi connectivity index (χ1n) is 10.2. The third-order valence-corrected chi connectivity index (χ3v) is 6.76. The molecule has 1 fully saturated rings. The van der Waals surface area contributed by atoms with E-state index >= 15 is 0 Å². The third-order valence-electron chi connectivity index (χ3n) is 5.20. The standard InChI is InChI=1S/C22H22ClFN4O4S/c1-13-5-6-14(24)11-15(13)22-16(23)7-8-20(27-22)28-33(30,31)21-4-2-3-19(26-21)25-17-9-10-32-12-18(17)29/h2-8,11,17-18,29H,9-10,12H2,1H3,(H,25,26)(H,27,28)/t17-,18+/m1/s1. The number of ether oxygens (including phenoxy) is 1. The van der Waals surface area contributed by atoms with E-state index in [1.807, 2.05) is 0 Å². The normalized spacial score (nSPS) is 18.7. The van der Waals surface area contributed by atoms with Crippen molar-refractivity contribution in [3.05, 3.63) is 64.9 Å². The van der Waals surface area contributed by atoms with Crippen LogP contribution in [0.25, 0.3) is 11.3 Å². The number of anilines is 2. The van der Waals surface area contributed by atoms with E-state index in [0.717, 1.165) is 5.56 Å². The Morgan fingerprint density at radius 3 is 2.76 bits per heavy atom. The summed E-state index contributed by atoms with van der Waals surface area (Å²) in [6.45, 7) is 2.47. The molecule has 1 saturated heterocycles. The quantitative estimate of drug-likeness (QED) is 0.481. The zero-order valence-corrected chi connectivity index (χ0v) is 19.2. The SMILES string of the molecule is Cc1ccc(F)cc1-c1nc(NS(=O)(=O)c2cccc(N[C@@H]3CCOC[C@@H]3O)n2)ccc1Cl. The molecule has 0 amide bonds. The number of aliphatic hydroxyl groups excluding tert-OH is 1. The third kappa shape index (κ3) is 5.41. The number of pyridine rings is 2. The summed E-state index contributed by atoms with van der Waals surface area (Å²) in [5.74, 6) is -0.135. The van der Waals surface area contributed by atoms with Crippen molar-refractivity contribution in [3.63, 3.8) is 0 Å². The fourth-order valence-corrected chi connectivity index (χ4v) is 4.63. The molecule has 8 nitrogen and oxygen atoms in total. The molecule has 2 aromatic heterocycles. The monoisotopic (exact) mass is 492 g/mol. The molecule has 0 saturated carbocycles. The first-order valence-corrected chi connectivity index (χ1v) is 12.0. The molecular weight excluding hydrogens is 471 g/mol. The summed E-state index contributed by atoms with van der Waals surface area (Å²) in [5, 5.41) is 13.1. The van der Waals surface area contributed by atoms with Gasteiger partial charge >= 0.3 is 0 Å². The van der Waals surface area contributed by atoms with Gasteiger partial charge in [0.15, 0.2) is 5.03 Å². The predicted molar refractivity (Wildman–Crippen MR) is 123 cm³/mol. The van der Waals surface area contributed by atoms with E-state index < -0.39 is 21.9 Å². The lowest BCUT2D eigenvalue weighted by Gasteiger charge is -2.28. The van der Waals surface area contributed by atoms with Gasteiger partial charge in [-0.05, 0) is 55.3 Å². The summed E-state index contributed by atoms with van der Waals surface area (Å²) in [7, 11) is -4.09. The Morgan fingerprint density at radius 2 is 1.97 bits per heavy atom. The minimum Gasteiger partial charge on any atom is -0.389 e. The maximum absolute atomic E-state index is 13.8. The summed E-state index contributed by atoms with van der Waals surface area (Å²) < 4.78 is 47.3. The van der Waals surface area contributed by atoms with E-state index in [1.165, 1.54) is 30.3 Å². The highest BCUT2D eigenvalue weighted by Gasteiger charge is 2.25. The van der Waals surface area contributed by atoms with Gasteiger partial charge in [-0.2, -0.15) is 8.42 Å². The Kier molecular flexibility index (Phi) is 6.80. The maximum Gasteiger partial charge on any atom is 0.280 e. The van der Waals surface area contributed by atoms with Gasteiger partial charge in [-0.1, -0.05) is 23.7 Å². The maximum atomic E-state index is 13.8. The van der Waals surface area contributed by atoms with Crippen LogP contribution in [0.2, 0.25) is 5.02 Å². The molecule has 33 heavy (non-hydrogen) atoms. The number of halogens is 2. The molecule has 4 rings (SSSR count). The topological polar surface area (TPSA) is 113 Å². The van der Waals surface area contributed by atoms with Crippen LogP contribution in [0.1, 0.15) is 12.0 Å². The number of aryl methyl sites for hydroxylation is 1. The molecule has 0 unspecified atom stereocenters. The van der Waals surface area contributed by atoms with Gasteiger partial charge in [0.25, 0.3) is 10.0 Å². The van der Waals surface area contributed by atoms with Crippen LogP contribution in [0.3, 0.4) is 0 Å². The molecule has 3 N–H and O–H groups in total. The number of rotatable bonds is 6. The highest BCUT2D eigenvalue weighted by molar-refractivity contribution is 7.92. The van der Waals surface area contributed by atoms with E-state index in [0.29, 0.717) is 24.4 Å². The lowest BCUT2D eigenvalue weighted by atomic mass is 10.0. The van der Waals surface area contributed by atoms with Crippen LogP contribution in [0, 0.1) is 12.7 Å². The van der Waals surface area contributed by atoms with Crippen molar-refractivity contribution < 1.29 is 22.7 Å². The van der Waals surface area contributed by atoms with Gasteiger partial charge in [0.1, 0.15) is 17.5 Å². The summed E-state index contributed by atoms with van der Waals surface area (Å²) in [5.41, 5.74) is 1.45. The number of nitrogens with one attached hydrogen (secondary N) is 2. The lowest BCUT2D eigenvalue weighted by molar-refractivity contribution is -0.0135. The second-order valence-corrected chi connectivity index (χ2v) is 9.67. The molecule has 3 aromatic rings. The Bertz CT molecular complexity index is 1280. The van der Waals surface area contributed by atoms with Gasteiger partial charge in [0, 0.05) is 12.2 Å². The van der Waals surface area contributed by atoms with E-state index in [2.05, 4.69) is 20.0 Å². The molecule has 0 bridgehead atoms. The second-order valence-electron chi connectivity index (χ2n) is 7.63. The molecule has 174 valence electrons. The van der Waals surface area contributed by atoms with Crippen molar-refractivity contribution in [1.82, 2.24) is 9.97 Å². The zero-order chi connectivity index (χ0) is 23.6. The summed E-state index contributed by atoms with van der Waals surface area (Å²) in [6, 6.07) is 11.3. The van der Waals surface area contributed by atoms with Crippen molar-refractivity contribution >= 4 is 33.3 Å². The molecule has 1 aliphatic heterocycles. The van der Waals surface area contributed by atoms with Crippen molar-refractivity contribution in [2.24, 2.45) is 0 Å². The minimum absolute atomic E-state index is 0.0121. The summed E-state index contributed by atoms with van der Waals surface area (Å²) in [4.78, 5) is 8.48. The van der Waals surface area contributed by atoms with Crippen LogP contribution in [-0.4, -0.2) is 48.9 Å². The number of benzene rings is 1. The van der Waals surface area contributed by atoms with Crippen molar-refractivity contribution in [2.75, 3.05) is 23.3 Å². The van der Waals surface area contributed by atoms with Crippen molar-refractivity contribution in [2.45, 2.75) is 30.5 Å². The lowest BCUT2D eigenvalue weighted by Crippen LogP contribution is -2.42. The zero-order valence-electron chi connectivity index (χ0n) is 17.6. The van der Waals surface area contributed by atoms with E-state index in [1.54, 1.807) is 25.1 Å². The molecule has 0 aliphatic carbocycles. The van der Waals surface area contributed by atoms with E-state index in [4.69, 9.17) is 16.3 Å². The van der Waals surface area contributed by atoms with E-state index in [9.17, 15) is 17.9 Å². The molecule has 3 heterocycles. The highest BCUT2D eigenvalue weighted by atomic mass is 35.5. The number of aromatic nitrogens is 2. The van der Waals surface area contributed by atoms with Gasteiger partial charge in [-0.3, -0.25) is 4.72 Å². The number of nitrogens with zero attached hydrogens (tertiary/aromatic N) is 2. The fraction of sp³-hybridized carbons (Fsp3) is 0.273. The fourth-order valence-electron chi connectivity index (χ4n) is 3.45. The average molecular weight is 493 g/mol. The minimum atomic E-state index is -4.09. The van der Waals surface area contributed by atoms with Gasteiger partial charge in [-0.15, -0.1) is 0 Å². The van der Waals surface area contributed by atoms with Crippen molar-refractivity contribution in [1.29, 1.82) is 0 Å². The summed E-state index contributed by atoms with van der Waals surface area (Å²) in [6.07, 6.45) is -0.156. The Labute approximate surface area is 195 Å². The number of sulfonamides is 1. The van der Waals surface area contributed by atoms with E-state index in [-0.39, 0.29) is 34.2 Å². The van der Waals surface area contributed by atoms with Gasteiger partial charge in [-0.25, -0.2) is 14.4 Å². The smallest absolute Gasteiger partial charge is 0.280 e. The number of hydrogen-bond donors (Lipinski definition) is 3. The molecule has 0 radical (unpaired) electrons. The number of hydrogen-bond acceptors (Lipinski definition) is 7. The second kappa shape index (κ2) is 9.60. The molecular formula is C22H22ClFN4O4S. The van der Waals surface area contributed by atoms with Crippen LogP contribution in [0.15, 0.2) is 53.6 Å². The van der Waals surface area contributed by atoms with Crippen LogP contribution in [0.4, 0.5) is 16.0 Å². The van der Waals surface area contributed by atoms with Crippen LogP contribution in [-0.2, 0) is 14.8 Å². The highest BCUT2D eigenvalue weighted by Crippen LogP contribution is 2.31.